The molecule has 0 bridgehead atoms. The molecule has 1 aromatic heterocycles. The van der Waals surface area contributed by atoms with Gasteiger partial charge in [0.25, 0.3) is 0 Å². The maximum Gasteiger partial charge on any atom is 0.110 e. The van der Waals surface area contributed by atoms with Crippen LogP contribution in [0.4, 0.5) is 0 Å². The average molecular weight is 285 g/mol. The van der Waals surface area contributed by atoms with E-state index < -0.39 is 0 Å². The van der Waals surface area contributed by atoms with Crippen LogP contribution in [0.2, 0.25) is 10.0 Å². The van der Waals surface area contributed by atoms with Gasteiger partial charge in [0, 0.05) is 35.9 Å². The third kappa shape index (κ3) is 3.03. The van der Waals surface area contributed by atoms with Crippen molar-refractivity contribution in [3.63, 3.8) is 0 Å². The van der Waals surface area contributed by atoms with Crippen LogP contribution in [-0.2, 0) is 13.5 Å². The predicted molar refractivity (Wildman–Crippen MR) is 73.4 cm³/mol. The molecule has 1 unspecified atom stereocenters. The van der Waals surface area contributed by atoms with E-state index >= 15 is 0 Å². The van der Waals surface area contributed by atoms with Crippen LogP contribution in [0.1, 0.15) is 17.4 Å². The van der Waals surface area contributed by atoms with E-state index in [0.29, 0.717) is 16.5 Å². The van der Waals surface area contributed by atoms with Gasteiger partial charge in [-0.05, 0) is 23.8 Å². The van der Waals surface area contributed by atoms with Crippen LogP contribution in [0.5, 0.6) is 0 Å². The summed E-state index contributed by atoms with van der Waals surface area (Å²) in [5.74, 6) is 6.54. The minimum atomic E-state index is -0.0812. The Hall–Kier alpha value is -1.07. The second-order valence-electron chi connectivity index (χ2n) is 4.08. The fourth-order valence-electron chi connectivity index (χ4n) is 1.83. The van der Waals surface area contributed by atoms with E-state index in [2.05, 4.69) is 10.4 Å². The molecular formula is C12H14Cl2N4. The fraction of sp³-hybridized carbons (Fsp3) is 0.250. The Bertz CT molecular complexity index is 518. The van der Waals surface area contributed by atoms with Crippen LogP contribution < -0.4 is 11.3 Å². The lowest BCUT2D eigenvalue weighted by Gasteiger charge is -2.16. The first-order valence-corrected chi connectivity index (χ1v) is 6.24. The smallest absolute Gasteiger partial charge is 0.110 e. The third-order valence-corrected chi connectivity index (χ3v) is 3.23. The number of rotatable bonds is 4. The van der Waals surface area contributed by atoms with E-state index in [1.807, 2.05) is 29.9 Å². The van der Waals surface area contributed by atoms with Crippen LogP contribution in [0.25, 0.3) is 0 Å². The number of nitrogens with two attached hydrogens (primary N) is 1. The zero-order chi connectivity index (χ0) is 13.1. The van der Waals surface area contributed by atoms with Crippen molar-refractivity contribution in [2.45, 2.75) is 12.5 Å². The normalized spacial score (nSPS) is 12.7. The molecular weight excluding hydrogens is 271 g/mol. The second-order valence-corrected chi connectivity index (χ2v) is 4.95. The van der Waals surface area contributed by atoms with Gasteiger partial charge in [-0.25, -0.2) is 4.98 Å². The Morgan fingerprint density at radius 2 is 2.00 bits per heavy atom. The van der Waals surface area contributed by atoms with Gasteiger partial charge in [-0.3, -0.25) is 11.3 Å². The summed E-state index contributed by atoms with van der Waals surface area (Å²) in [6.45, 7) is 0. The highest BCUT2D eigenvalue weighted by molar-refractivity contribution is 6.34. The monoisotopic (exact) mass is 284 g/mol. The minimum absolute atomic E-state index is 0.0812. The van der Waals surface area contributed by atoms with Gasteiger partial charge < -0.3 is 4.57 Å². The summed E-state index contributed by atoms with van der Waals surface area (Å²) in [6, 6.07) is 5.31. The molecule has 6 heteroatoms. The number of aryl methyl sites for hydroxylation is 1. The van der Waals surface area contributed by atoms with Gasteiger partial charge >= 0.3 is 0 Å². The Balaban J connectivity index is 2.25. The Morgan fingerprint density at radius 3 is 2.50 bits per heavy atom. The van der Waals surface area contributed by atoms with Crippen LogP contribution in [0, 0.1) is 0 Å². The van der Waals surface area contributed by atoms with Crippen molar-refractivity contribution < 1.29 is 0 Å². The van der Waals surface area contributed by atoms with Gasteiger partial charge in [0.1, 0.15) is 5.82 Å². The first-order chi connectivity index (χ1) is 8.60. The van der Waals surface area contributed by atoms with Gasteiger partial charge in [0.2, 0.25) is 0 Å². The predicted octanol–water partition coefficient (Wildman–Crippen LogP) is 2.47. The summed E-state index contributed by atoms with van der Waals surface area (Å²) < 4.78 is 1.95. The molecule has 1 aromatic carbocycles. The van der Waals surface area contributed by atoms with Crippen molar-refractivity contribution >= 4 is 23.2 Å². The largest absolute Gasteiger partial charge is 0.338 e. The molecule has 96 valence electrons. The lowest BCUT2D eigenvalue weighted by Crippen LogP contribution is -2.30. The van der Waals surface area contributed by atoms with E-state index in [9.17, 15) is 0 Å². The molecule has 0 fully saturated rings. The lowest BCUT2D eigenvalue weighted by atomic mass is 10.0. The summed E-state index contributed by atoms with van der Waals surface area (Å²) in [7, 11) is 1.95. The topological polar surface area (TPSA) is 55.9 Å². The second kappa shape index (κ2) is 5.71. The van der Waals surface area contributed by atoms with Crippen molar-refractivity contribution in [2.75, 3.05) is 0 Å². The van der Waals surface area contributed by atoms with Crippen LogP contribution >= 0.6 is 23.2 Å². The van der Waals surface area contributed by atoms with Crippen LogP contribution in [0.3, 0.4) is 0 Å². The average Bonchev–Trinajstić information content (AvgIpc) is 2.70. The molecule has 2 aromatic rings. The maximum atomic E-state index is 5.99. The molecule has 0 aliphatic rings. The Labute approximate surface area is 116 Å². The molecule has 0 amide bonds. The number of nitrogens with zero attached hydrogens (tertiary/aromatic N) is 2. The number of hydrogen-bond acceptors (Lipinski definition) is 3. The third-order valence-electron chi connectivity index (χ3n) is 2.80. The summed E-state index contributed by atoms with van der Waals surface area (Å²) in [5.41, 5.74) is 3.71. The van der Waals surface area contributed by atoms with Gasteiger partial charge in [0.15, 0.2) is 0 Å². The Kier molecular flexibility index (Phi) is 4.24. The molecule has 1 atom stereocenters. The van der Waals surface area contributed by atoms with Crippen molar-refractivity contribution in [3.05, 3.63) is 52.0 Å². The Morgan fingerprint density at radius 1 is 1.33 bits per heavy atom. The minimum Gasteiger partial charge on any atom is -0.338 e. The van der Waals surface area contributed by atoms with Crippen LogP contribution in [0.15, 0.2) is 30.6 Å². The van der Waals surface area contributed by atoms with E-state index in [-0.39, 0.29) is 6.04 Å². The summed E-state index contributed by atoms with van der Waals surface area (Å²) in [4.78, 5) is 4.28. The van der Waals surface area contributed by atoms with Gasteiger partial charge in [-0.15, -0.1) is 0 Å². The number of nitrogens with one attached hydrogen (secondary N) is 1. The van der Waals surface area contributed by atoms with Gasteiger partial charge in [0.05, 0.1) is 6.04 Å². The van der Waals surface area contributed by atoms with Gasteiger partial charge in [-0.2, -0.15) is 0 Å². The zero-order valence-electron chi connectivity index (χ0n) is 9.90. The number of halogens is 2. The summed E-state index contributed by atoms with van der Waals surface area (Å²) in [5, 5.41) is 1.19. The van der Waals surface area contributed by atoms with Crippen molar-refractivity contribution in [2.24, 2.45) is 12.9 Å². The number of hydrogen-bond donors (Lipinski definition) is 2. The van der Waals surface area contributed by atoms with Crippen LogP contribution in [-0.4, -0.2) is 9.55 Å². The highest BCUT2D eigenvalue weighted by atomic mass is 35.5. The number of hydrazine groups is 1. The molecule has 0 saturated heterocycles. The van der Waals surface area contributed by atoms with Crippen molar-refractivity contribution in [1.82, 2.24) is 15.0 Å². The van der Waals surface area contributed by atoms with E-state index in [0.717, 1.165) is 11.4 Å². The molecule has 18 heavy (non-hydrogen) atoms. The summed E-state index contributed by atoms with van der Waals surface area (Å²) >= 11 is 12.0. The first kappa shape index (κ1) is 13.4. The van der Waals surface area contributed by atoms with Crippen molar-refractivity contribution in [1.29, 1.82) is 0 Å². The summed E-state index contributed by atoms with van der Waals surface area (Å²) in [6.07, 6.45) is 4.32. The maximum absolute atomic E-state index is 5.99. The van der Waals surface area contributed by atoms with Crippen molar-refractivity contribution in [3.8, 4) is 0 Å². The molecule has 0 saturated carbocycles. The molecule has 0 aliphatic heterocycles. The molecule has 0 spiro atoms. The number of benzene rings is 1. The van der Waals surface area contributed by atoms with E-state index in [4.69, 9.17) is 29.0 Å². The fourth-order valence-corrected chi connectivity index (χ4v) is 2.37. The zero-order valence-corrected chi connectivity index (χ0v) is 11.4. The highest BCUT2D eigenvalue weighted by Crippen LogP contribution is 2.25. The molecule has 1 heterocycles. The first-order valence-electron chi connectivity index (χ1n) is 5.48. The highest BCUT2D eigenvalue weighted by Gasteiger charge is 2.14. The molecule has 0 aliphatic carbocycles. The number of aromatic nitrogens is 2. The van der Waals surface area contributed by atoms with E-state index in [1.165, 1.54) is 0 Å². The quantitative estimate of drug-likeness (QED) is 0.670. The standard InChI is InChI=1S/C12H14Cl2N4/c1-18-3-2-16-12(18)7-11(17-15)8-4-9(13)6-10(14)5-8/h2-6,11,17H,7,15H2,1H3. The lowest BCUT2D eigenvalue weighted by molar-refractivity contribution is 0.530. The molecule has 4 nitrogen and oxygen atoms in total. The molecule has 0 radical (unpaired) electrons. The van der Waals surface area contributed by atoms with Gasteiger partial charge in [-0.1, -0.05) is 23.2 Å². The molecule has 2 rings (SSSR count). The molecule has 3 N–H and O–H groups in total. The number of imidazole rings is 1. The SMILES string of the molecule is Cn1ccnc1CC(NN)c1cc(Cl)cc(Cl)c1. The van der Waals surface area contributed by atoms with E-state index in [1.54, 1.807) is 12.3 Å².